The summed E-state index contributed by atoms with van der Waals surface area (Å²) < 4.78 is 0. The molecular formula is C10H7N8O2-. The van der Waals surface area contributed by atoms with Crippen LogP contribution >= 0.6 is 0 Å². The standard InChI is InChI=1S/C10H6N2O2.HN3.N3/c11-12-8-5-9(13)6-3-1-2-4-7(6)10(8)14;2*1-3-2/h1-4H,5H2;1H;/q;;-1. The van der Waals surface area contributed by atoms with Gasteiger partial charge in [-0.15, -0.1) is 5.53 Å². The second-order valence-corrected chi connectivity index (χ2v) is 3.21. The molecule has 10 heteroatoms. The summed E-state index contributed by atoms with van der Waals surface area (Å²) in [5.41, 5.74) is 34.9. The minimum Gasteiger partial charge on any atom is -0.373 e. The lowest BCUT2D eigenvalue weighted by atomic mass is 9.88. The molecule has 0 fully saturated rings. The van der Waals surface area contributed by atoms with Crippen LogP contribution in [0.5, 0.6) is 0 Å². The van der Waals surface area contributed by atoms with Gasteiger partial charge in [0, 0.05) is 11.1 Å². The van der Waals surface area contributed by atoms with E-state index in [1.54, 1.807) is 29.2 Å². The first kappa shape index (κ1) is 16.6. The van der Waals surface area contributed by atoms with E-state index in [-0.39, 0.29) is 23.7 Å². The predicted octanol–water partition coefficient (Wildman–Crippen LogP) is 2.87. The summed E-state index contributed by atoms with van der Waals surface area (Å²) in [5.74, 6) is -0.560. The molecule has 0 heterocycles. The number of carbonyl (C=O) groups is 2. The highest BCUT2D eigenvalue weighted by Crippen LogP contribution is 2.18. The fourth-order valence-electron chi connectivity index (χ4n) is 1.49. The van der Waals surface area contributed by atoms with Gasteiger partial charge in [-0.2, -0.15) is 4.79 Å². The highest BCUT2D eigenvalue weighted by molar-refractivity contribution is 6.50. The number of rotatable bonds is 0. The Morgan fingerprint density at radius 2 is 1.45 bits per heavy atom. The van der Waals surface area contributed by atoms with Crippen LogP contribution in [0, 0.1) is 5.53 Å². The van der Waals surface area contributed by atoms with E-state index in [1.165, 1.54) is 4.91 Å². The van der Waals surface area contributed by atoms with Crippen LogP contribution in [0.25, 0.3) is 31.9 Å². The number of hydrogen-bond acceptors (Lipinski definition) is 3. The topological polar surface area (TPSA) is 189 Å². The lowest BCUT2D eigenvalue weighted by Gasteiger charge is -2.08. The first-order chi connectivity index (χ1) is 9.56. The average molecular weight is 271 g/mol. The Balaban J connectivity index is 0.000000520. The first-order valence-electron chi connectivity index (χ1n) is 4.94. The summed E-state index contributed by atoms with van der Waals surface area (Å²) in [4.78, 5) is 29.1. The highest BCUT2D eigenvalue weighted by Gasteiger charge is 2.34. The molecule has 1 aromatic carbocycles. The zero-order valence-corrected chi connectivity index (χ0v) is 9.96. The molecule has 0 spiro atoms. The van der Waals surface area contributed by atoms with E-state index in [0.29, 0.717) is 11.1 Å². The van der Waals surface area contributed by atoms with Gasteiger partial charge in [0.2, 0.25) is 0 Å². The monoisotopic (exact) mass is 271 g/mol. The number of hydrogen-bond donors (Lipinski definition) is 1. The molecule has 2 rings (SSSR count). The maximum atomic E-state index is 11.6. The number of ketones is 2. The van der Waals surface area contributed by atoms with Crippen molar-refractivity contribution in [2.45, 2.75) is 6.42 Å². The molecule has 0 bridgehead atoms. The molecule has 1 aliphatic carbocycles. The molecule has 20 heavy (non-hydrogen) atoms. The first-order valence-corrected chi connectivity index (χ1v) is 4.94. The van der Waals surface area contributed by atoms with E-state index < -0.39 is 0 Å². The third-order valence-corrected chi connectivity index (χ3v) is 2.18. The van der Waals surface area contributed by atoms with Gasteiger partial charge >= 0.3 is 5.71 Å². The van der Waals surface area contributed by atoms with Gasteiger partial charge in [-0.1, -0.05) is 24.3 Å². The lowest BCUT2D eigenvalue weighted by molar-refractivity contribution is -0.00889. The summed E-state index contributed by atoms with van der Waals surface area (Å²) >= 11 is 0. The van der Waals surface area contributed by atoms with E-state index >= 15 is 0 Å². The molecule has 1 aliphatic rings. The van der Waals surface area contributed by atoms with Gasteiger partial charge in [0.15, 0.2) is 5.78 Å². The van der Waals surface area contributed by atoms with Crippen LogP contribution < -0.4 is 0 Å². The Labute approximate surface area is 112 Å². The molecule has 10 nitrogen and oxygen atoms in total. The Hall–Kier alpha value is -3.44. The van der Waals surface area contributed by atoms with Crippen molar-refractivity contribution in [3.63, 3.8) is 0 Å². The van der Waals surface area contributed by atoms with Gasteiger partial charge < -0.3 is 16.6 Å². The molecule has 1 N–H and O–H groups in total. The van der Waals surface area contributed by atoms with E-state index in [9.17, 15) is 9.59 Å². The van der Waals surface area contributed by atoms with Crippen LogP contribution in [-0.2, 0) is 0 Å². The van der Waals surface area contributed by atoms with Gasteiger partial charge in [-0.25, -0.2) is 0 Å². The smallest absolute Gasteiger partial charge is 0.347 e. The molecule has 1 aromatic rings. The van der Waals surface area contributed by atoms with Gasteiger partial charge in [0.05, 0.1) is 0 Å². The molecule has 100 valence electrons. The zero-order chi connectivity index (χ0) is 15.5. The Morgan fingerprint density at radius 1 is 1.00 bits per heavy atom. The lowest BCUT2D eigenvalue weighted by Crippen LogP contribution is -2.27. The number of fused-ring (bicyclic) bond motifs is 1. The van der Waals surface area contributed by atoms with Gasteiger partial charge in [0.1, 0.15) is 6.42 Å². The van der Waals surface area contributed by atoms with Crippen molar-refractivity contribution in [2.75, 3.05) is 0 Å². The molecular weight excluding hydrogens is 264 g/mol. The summed E-state index contributed by atoms with van der Waals surface area (Å²) in [5, 5.41) is 0. The van der Waals surface area contributed by atoms with Crippen molar-refractivity contribution in [1.82, 2.24) is 0 Å². The van der Waals surface area contributed by atoms with Crippen molar-refractivity contribution in [2.24, 2.45) is 0 Å². The summed E-state index contributed by atoms with van der Waals surface area (Å²) in [6.45, 7) is 0. The van der Waals surface area contributed by atoms with E-state index in [1.807, 2.05) is 0 Å². The van der Waals surface area contributed by atoms with Crippen LogP contribution in [0.2, 0.25) is 0 Å². The molecule has 0 amide bonds. The van der Waals surface area contributed by atoms with Crippen LogP contribution in [0.4, 0.5) is 0 Å². The summed E-state index contributed by atoms with van der Waals surface area (Å²) in [6.07, 6.45) is -0.119. The van der Waals surface area contributed by atoms with Crippen molar-refractivity contribution in [3.05, 3.63) is 67.3 Å². The van der Waals surface area contributed by atoms with E-state index in [0.717, 1.165) is 0 Å². The molecule has 0 saturated heterocycles. The minimum atomic E-state index is -0.372. The third kappa shape index (κ3) is 4.10. The predicted molar refractivity (Wildman–Crippen MR) is 67.9 cm³/mol. The number of Topliss-reactive ketones (excluding diaryl/α,β-unsaturated/α-hetero) is 2. The molecule has 0 radical (unpaired) electrons. The van der Waals surface area contributed by atoms with Crippen LogP contribution in [-0.4, -0.2) is 22.1 Å². The SMILES string of the molecule is [N-]=[N+]=C1CC(=O)c2ccccc2C1=O.[N-]=[N+]=N.[N-]=[N+]=[N-]. The van der Waals surface area contributed by atoms with Crippen LogP contribution in [0.1, 0.15) is 27.1 Å². The zero-order valence-electron chi connectivity index (χ0n) is 9.96. The third-order valence-electron chi connectivity index (χ3n) is 2.18. The summed E-state index contributed by atoms with van der Waals surface area (Å²) in [6, 6.07) is 6.53. The highest BCUT2D eigenvalue weighted by atomic mass is 16.1. The van der Waals surface area contributed by atoms with Crippen LogP contribution in [0.15, 0.2) is 24.3 Å². The molecule has 0 unspecified atom stereocenters. The maximum Gasteiger partial charge on any atom is 0.347 e. The molecule has 0 aliphatic heterocycles. The van der Waals surface area contributed by atoms with E-state index in [4.69, 9.17) is 27.7 Å². The van der Waals surface area contributed by atoms with Gasteiger partial charge in [-0.05, 0) is 10.4 Å². The number of nitrogens with zero attached hydrogens (tertiary/aromatic N) is 7. The Morgan fingerprint density at radius 3 is 1.90 bits per heavy atom. The Bertz CT molecular complexity index is 635. The van der Waals surface area contributed by atoms with Crippen LogP contribution in [0.3, 0.4) is 0 Å². The van der Waals surface area contributed by atoms with E-state index in [2.05, 4.69) is 4.79 Å². The molecule has 0 saturated carbocycles. The Kier molecular flexibility index (Phi) is 7.14. The fourth-order valence-corrected chi connectivity index (χ4v) is 1.49. The number of nitrogens with one attached hydrogen (secondary N) is 1. The normalized spacial score (nSPS) is 11.3. The van der Waals surface area contributed by atoms with Crippen molar-refractivity contribution in [3.8, 4) is 0 Å². The van der Waals surface area contributed by atoms with Crippen molar-refractivity contribution in [1.29, 1.82) is 5.53 Å². The maximum absolute atomic E-state index is 11.6. The van der Waals surface area contributed by atoms with Gasteiger partial charge in [-0.3, -0.25) is 14.5 Å². The quantitative estimate of drug-likeness (QED) is 0.431. The van der Waals surface area contributed by atoms with Gasteiger partial charge in [0.25, 0.3) is 5.78 Å². The number of carbonyl (C=O) groups excluding carboxylic acids is 2. The number of benzene rings is 1. The molecule has 0 aromatic heterocycles. The second-order valence-electron chi connectivity index (χ2n) is 3.21. The second kappa shape index (κ2) is 8.62. The summed E-state index contributed by atoms with van der Waals surface area (Å²) in [7, 11) is 0. The average Bonchev–Trinajstić information content (AvgIpc) is 2.45. The fraction of sp³-hybridized carbons (Fsp3) is 0.100. The molecule has 0 atom stereocenters. The minimum absolute atomic E-state index is 0.0892. The van der Waals surface area contributed by atoms with Crippen molar-refractivity contribution < 1.29 is 14.4 Å². The van der Waals surface area contributed by atoms with Crippen molar-refractivity contribution >= 4 is 17.3 Å². The largest absolute Gasteiger partial charge is 0.373 e.